The average Bonchev–Trinajstić information content (AvgIpc) is 4.00. The molecular formula is C55H56Cl2F2O8S3. The van der Waals surface area contributed by atoms with Crippen LogP contribution in [0.2, 0.25) is 10.0 Å². The number of benzene rings is 4. The molecule has 4 aromatic carbocycles. The second-order valence-electron chi connectivity index (χ2n) is 17.8. The highest BCUT2D eigenvalue weighted by Crippen LogP contribution is 2.44. The van der Waals surface area contributed by atoms with Gasteiger partial charge in [-0.05, 0) is 114 Å². The van der Waals surface area contributed by atoms with Crippen molar-refractivity contribution in [2.45, 2.75) is 109 Å². The van der Waals surface area contributed by atoms with Crippen molar-refractivity contribution >= 4 is 75.5 Å². The van der Waals surface area contributed by atoms with Crippen LogP contribution >= 0.6 is 57.6 Å². The van der Waals surface area contributed by atoms with Gasteiger partial charge in [0.2, 0.25) is 0 Å². The first kappa shape index (κ1) is 53.2. The quantitative estimate of drug-likeness (QED) is 0.0877. The Morgan fingerprint density at radius 3 is 1.40 bits per heavy atom. The molecule has 2 unspecified atom stereocenters. The maximum Gasteiger partial charge on any atom is 0.303 e. The third-order valence-electron chi connectivity index (χ3n) is 12.8. The van der Waals surface area contributed by atoms with Gasteiger partial charge in [0.15, 0.2) is 6.10 Å². The smallest absolute Gasteiger partial charge is 0.303 e. The number of hydrogen-bond acceptors (Lipinski definition) is 11. The third-order valence-corrected chi connectivity index (χ3v) is 16.8. The van der Waals surface area contributed by atoms with Gasteiger partial charge in [0, 0.05) is 75.0 Å². The number of halogens is 4. The molecule has 10 atom stereocenters. The summed E-state index contributed by atoms with van der Waals surface area (Å²) >= 11 is 18.1. The van der Waals surface area contributed by atoms with E-state index in [2.05, 4.69) is 25.1 Å². The Balaban J connectivity index is 0.000000207. The van der Waals surface area contributed by atoms with Gasteiger partial charge >= 0.3 is 17.9 Å². The van der Waals surface area contributed by atoms with Crippen molar-refractivity contribution < 1.29 is 46.8 Å². The lowest BCUT2D eigenvalue weighted by Crippen LogP contribution is -2.52. The third kappa shape index (κ3) is 13.1. The summed E-state index contributed by atoms with van der Waals surface area (Å²) < 4.78 is 56.3. The van der Waals surface area contributed by atoms with Gasteiger partial charge in [0.1, 0.15) is 29.9 Å². The molecule has 8 rings (SSSR count). The van der Waals surface area contributed by atoms with Crippen molar-refractivity contribution in [2.75, 3.05) is 6.26 Å². The van der Waals surface area contributed by atoms with Crippen LogP contribution in [0.1, 0.15) is 92.7 Å². The number of rotatable bonds is 12. The van der Waals surface area contributed by atoms with Gasteiger partial charge in [0.25, 0.3) is 0 Å². The van der Waals surface area contributed by atoms with Gasteiger partial charge in [-0.2, -0.15) is 11.8 Å². The van der Waals surface area contributed by atoms with Gasteiger partial charge < -0.3 is 23.7 Å². The Labute approximate surface area is 430 Å². The van der Waals surface area contributed by atoms with Crippen LogP contribution in [0.15, 0.2) is 109 Å². The summed E-state index contributed by atoms with van der Waals surface area (Å²) in [5.74, 6) is -1.77. The molecule has 2 saturated heterocycles. The summed E-state index contributed by atoms with van der Waals surface area (Å²) in [4.78, 5) is 39.9. The fraction of sp³-hybridized carbons (Fsp3) is 0.364. The van der Waals surface area contributed by atoms with Crippen molar-refractivity contribution in [1.29, 1.82) is 0 Å². The Morgan fingerprint density at radius 2 is 0.957 bits per heavy atom. The fourth-order valence-electron chi connectivity index (χ4n) is 8.86. The summed E-state index contributed by atoms with van der Waals surface area (Å²) in [6.07, 6.45) is 0.521. The molecule has 2 aromatic heterocycles. The molecule has 2 aliphatic rings. The first-order valence-electron chi connectivity index (χ1n) is 23.0. The molecule has 6 aromatic rings. The zero-order valence-corrected chi connectivity index (χ0v) is 44.0. The molecule has 15 heteroatoms. The summed E-state index contributed by atoms with van der Waals surface area (Å²) in [5, 5.41) is 1.29. The van der Waals surface area contributed by atoms with E-state index in [-0.39, 0.29) is 59.1 Å². The van der Waals surface area contributed by atoms with Crippen LogP contribution in [0.3, 0.4) is 0 Å². The Bertz CT molecular complexity index is 2760. The first-order valence-corrected chi connectivity index (χ1v) is 26.7. The largest absolute Gasteiger partial charge is 0.461 e. The summed E-state index contributed by atoms with van der Waals surface area (Å²) in [5.41, 5.74) is 5.67. The number of thiophene rings is 2. The normalized spacial score (nSPS) is 24.2. The highest BCUT2D eigenvalue weighted by molar-refractivity contribution is 7.99. The SMILES string of the molecule is CC(=O)O[C@H]1[C@H](C)[C@@H](C)OC(c2ccc(Cl)c(Cc3ccc(-c4ccc(F)cc4)s3)c2)[C@@H]1OC(C)=O.CS[C@H]1C(c2ccc(Cl)c(Cc3ccc(-c4ccc(F)cc4)s3)c2)O[C@H](C)[C@@H](C)[C@@H]1OC(C)=O. The zero-order valence-electron chi connectivity index (χ0n) is 40.1. The van der Waals surface area contributed by atoms with Crippen LogP contribution in [-0.4, -0.2) is 59.9 Å². The molecule has 0 N–H and O–H groups in total. The van der Waals surface area contributed by atoms with Gasteiger partial charge in [-0.3, -0.25) is 14.4 Å². The lowest BCUT2D eigenvalue weighted by atomic mass is 9.85. The topological polar surface area (TPSA) is 97.4 Å². The van der Waals surface area contributed by atoms with Crippen molar-refractivity contribution in [3.05, 3.63) is 163 Å². The van der Waals surface area contributed by atoms with Crippen LogP contribution in [0.4, 0.5) is 8.78 Å². The molecule has 370 valence electrons. The van der Waals surface area contributed by atoms with Crippen LogP contribution in [-0.2, 0) is 50.9 Å². The minimum Gasteiger partial charge on any atom is -0.461 e. The minimum absolute atomic E-state index is 0.0176. The van der Waals surface area contributed by atoms with E-state index in [1.54, 1.807) is 64.8 Å². The molecular weight excluding hydrogens is 994 g/mol. The summed E-state index contributed by atoms with van der Waals surface area (Å²) in [7, 11) is 0. The highest BCUT2D eigenvalue weighted by Gasteiger charge is 2.47. The molecule has 2 fully saturated rings. The molecule has 0 saturated carbocycles. The Morgan fingerprint density at radius 1 is 0.557 bits per heavy atom. The van der Waals surface area contributed by atoms with E-state index in [4.69, 9.17) is 46.9 Å². The standard InChI is InChI=1S/C28H28ClFO5S.C27H28ClFO3S2/c1-15-16(2)33-27(28(35-18(4)32)26(15)34-17(3)31)20-7-11-24(29)21(13-20)14-23-10-12-25(36-23)19-5-8-22(30)9-6-19;1-15-16(2)31-26(27(33-4)25(15)32-17(3)30)19-7-11-23(28)20(13-19)14-22-10-12-24(34-22)18-5-8-21(29)9-6-18/h5-13,15-16,26-28H,14H2,1-4H3;5-13,15-16,25-27H,14H2,1-4H3/t15-,16-,26+,27?,28-;15-,16-,25+,26?,27-/m11/s1. The minimum atomic E-state index is -0.793. The summed E-state index contributed by atoms with van der Waals surface area (Å²) in [6, 6.07) is 32.8. The number of carbonyl (C=O) groups is 3. The van der Waals surface area contributed by atoms with Crippen LogP contribution < -0.4 is 0 Å². The number of ether oxygens (including phenoxy) is 5. The molecule has 4 heterocycles. The molecule has 70 heavy (non-hydrogen) atoms. The first-order chi connectivity index (χ1) is 33.4. The molecule has 0 amide bonds. The monoisotopic (exact) mass is 1050 g/mol. The highest BCUT2D eigenvalue weighted by atomic mass is 35.5. The van der Waals surface area contributed by atoms with Crippen LogP contribution in [0.25, 0.3) is 20.9 Å². The van der Waals surface area contributed by atoms with Crippen molar-refractivity contribution in [1.82, 2.24) is 0 Å². The average molecular weight is 1050 g/mol. The number of thioether (sulfide) groups is 1. The predicted molar refractivity (Wildman–Crippen MR) is 277 cm³/mol. The van der Waals surface area contributed by atoms with Gasteiger partial charge in [0.05, 0.1) is 23.6 Å². The lowest BCUT2D eigenvalue weighted by molar-refractivity contribution is -0.222. The van der Waals surface area contributed by atoms with Gasteiger partial charge in [-0.15, -0.1) is 22.7 Å². The molecule has 0 spiro atoms. The van der Waals surface area contributed by atoms with Crippen molar-refractivity contribution in [3.63, 3.8) is 0 Å². The number of hydrogen-bond donors (Lipinski definition) is 0. The zero-order chi connectivity index (χ0) is 50.4. The van der Waals surface area contributed by atoms with E-state index in [1.807, 2.05) is 63.4 Å². The molecule has 0 aliphatic carbocycles. The van der Waals surface area contributed by atoms with E-state index < -0.39 is 30.3 Å². The van der Waals surface area contributed by atoms with E-state index in [0.29, 0.717) is 22.9 Å². The molecule has 2 aliphatic heterocycles. The van der Waals surface area contributed by atoms with E-state index in [0.717, 1.165) is 48.0 Å². The van der Waals surface area contributed by atoms with Gasteiger partial charge in [-0.25, -0.2) is 8.78 Å². The lowest BCUT2D eigenvalue weighted by Gasteiger charge is -2.44. The van der Waals surface area contributed by atoms with Crippen LogP contribution in [0, 0.1) is 23.5 Å². The van der Waals surface area contributed by atoms with Crippen molar-refractivity contribution in [2.24, 2.45) is 11.8 Å². The predicted octanol–water partition coefficient (Wildman–Crippen LogP) is 14.3. The number of carbonyl (C=O) groups excluding carboxylic acids is 3. The van der Waals surface area contributed by atoms with Crippen molar-refractivity contribution in [3.8, 4) is 20.9 Å². The Hall–Kier alpha value is -4.60. The Kier molecular flexibility index (Phi) is 18.1. The number of esters is 3. The maximum atomic E-state index is 13.3. The van der Waals surface area contributed by atoms with E-state index >= 15 is 0 Å². The van der Waals surface area contributed by atoms with E-state index in [1.165, 1.54) is 49.9 Å². The molecule has 0 radical (unpaired) electrons. The summed E-state index contributed by atoms with van der Waals surface area (Å²) in [6.45, 7) is 12.1. The fourth-order valence-corrected chi connectivity index (χ4v) is 12.3. The van der Waals surface area contributed by atoms with Crippen LogP contribution in [0.5, 0.6) is 0 Å². The molecule has 8 nitrogen and oxygen atoms in total. The molecule has 0 bridgehead atoms. The second kappa shape index (κ2) is 23.7. The second-order valence-corrected chi connectivity index (χ2v) is 21.9. The van der Waals surface area contributed by atoms with E-state index in [9.17, 15) is 23.2 Å². The van der Waals surface area contributed by atoms with Gasteiger partial charge in [-0.1, -0.05) is 85.6 Å². The maximum absolute atomic E-state index is 13.3.